The van der Waals surface area contributed by atoms with Crippen molar-refractivity contribution in [2.75, 3.05) is 30.8 Å². The first kappa shape index (κ1) is 41.0. The maximum Gasteiger partial charge on any atom is 0.323 e. The molecule has 6 rings (SSSR count). The molecule has 6 N–H and O–H groups in total. The van der Waals surface area contributed by atoms with Gasteiger partial charge in [-0.1, -0.05) is 88.4 Å². The number of rotatable bonds is 16. The predicted octanol–water partition coefficient (Wildman–Crippen LogP) is 8.58. The van der Waals surface area contributed by atoms with Crippen molar-refractivity contribution in [1.82, 2.24) is 21.3 Å². The second-order valence-corrected chi connectivity index (χ2v) is 16.9. The number of carbonyl (C=O) groups is 1. The Hall–Kier alpha value is -6.66. The number of benzene rings is 4. The zero-order valence-electron chi connectivity index (χ0n) is 33.1. The van der Waals surface area contributed by atoms with Gasteiger partial charge in [-0.2, -0.15) is 0 Å². The lowest BCUT2D eigenvalue weighted by atomic mass is 9.92. The van der Waals surface area contributed by atoms with Crippen molar-refractivity contribution in [3.05, 3.63) is 181 Å². The summed E-state index contributed by atoms with van der Waals surface area (Å²) in [4.78, 5) is 13.3. The van der Waals surface area contributed by atoms with Crippen LogP contribution >= 0.6 is 0 Å². The van der Waals surface area contributed by atoms with Gasteiger partial charge >= 0.3 is 6.03 Å². The Kier molecular flexibility index (Phi) is 13.1. The fourth-order valence-corrected chi connectivity index (χ4v) is 7.26. The molecule has 0 saturated carbocycles. The smallest absolute Gasteiger partial charge is 0.323 e. The Bertz CT molecular complexity index is 2330. The SMILES string of the molecule is CC1(C)C=CC(NCNc2ccc(S(=O)(=O)c3ccc(NC(=O)NC4=CC(NCOc5ccccc5)=CC(C)(C)C=C4)cc3)cc2)=CC(NCOc2ccccc2)=C1. The molecule has 0 aliphatic heterocycles. The van der Waals surface area contributed by atoms with Crippen LogP contribution in [0.5, 0.6) is 11.5 Å². The summed E-state index contributed by atoms with van der Waals surface area (Å²) in [5.41, 5.74) is 3.93. The van der Waals surface area contributed by atoms with Gasteiger partial charge in [0.05, 0.1) is 16.5 Å². The molecule has 0 fully saturated rings. The normalized spacial score (nSPS) is 15.5. The Balaban J connectivity index is 0.992. The van der Waals surface area contributed by atoms with Gasteiger partial charge in [0.2, 0.25) is 9.84 Å². The number of nitrogens with one attached hydrogen (secondary N) is 6. The summed E-state index contributed by atoms with van der Waals surface area (Å²) in [6.45, 7) is 9.35. The molecule has 300 valence electrons. The largest absolute Gasteiger partial charge is 0.473 e. The van der Waals surface area contributed by atoms with Gasteiger partial charge in [0, 0.05) is 45.0 Å². The van der Waals surface area contributed by atoms with E-state index in [0.29, 0.717) is 24.8 Å². The minimum Gasteiger partial charge on any atom is -0.473 e. The quantitative estimate of drug-likeness (QED) is 0.0615. The van der Waals surface area contributed by atoms with Gasteiger partial charge in [-0.3, -0.25) is 0 Å². The van der Waals surface area contributed by atoms with Crippen LogP contribution in [0.25, 0.3) is 0 Å². The summed E-state index contributed by atoms with van der Waals surface area (Å²) >= 11 is 0. The van der Waals surface area contributed by atoms with Crippen molar-refractivity contribution in [2.24, 2.45) is 10.8 Å². The third-order valence-electron chi connectivity index (χ3n) is 9.01. The predicted molar refractivity (Wildman–Crippen MR) is 230 cm³/mol. The summed E-state index contributed by atoms with van der Waals surface area (Å²) in [6.07, 6.45) is 16.1. The number of amides is 2. The molecule has 0 radical (unpaired) electrons. The molecule has 4 aromatic rings. The maximum atomic E-state index is 13.5. The Morgan fingerprint density at radius 3 is 1.52 bits per heavy atom. The van der Waals surface area contributed by atoms with Crippen LogP contribution in [0.15, 0.2) is 190 Å². The molecular weight excluding hydrogens is 749 g/mol. The Morgan fingerprint density at radius 2 is 1.00 bits per heavy atom. The third-order valence-corrected chi connectivity index (χ3v) is 10.8. The molecule has 12 heteroatoms. The number of ether oxygens (including phenoxy) is 2. The van der Waals surface area contributed by atoms with Crippen molar-refractivity contribution >= 4 is 27.2 Å². The van der Waals surface area contributed by atoms with Gasteiger partial charge in [0.25, 0.3) is 0 Å². The summed E-state index contributed by atoms with van der Waals surface area (Å²) < 4.78 is 38.6. The zero-order valence-corrected chi connectivity index (χ0v) is 33.9. The number of anilines is 2. The number of urea groups is 1. The molecule has 0 saturated heterocycles. The summed E-state index contributed by atoms with van der Waals surface area (Å²) in [7, 11) is -3.81. The minimum atomic E-state index is -3.81. The molecular formula is C46H50N6O5S. The molecule has 2 aliphatic rings. The fraction of sp³-hybridized carbons (Fsp3) is 0.196. The maximum absolute atomic E-state index is 13.5. The monoisotopic (exact) mass is 798 g/mol. The number of para-hydroxylation sites is 2. The van der Waals surface area contributed by atoms with Crippen LogP contribution in [0.3, 0.4) is 0 Å². The van der Waals surface area contributed by atoms with E-state index in [1.165, 1.54) is 12.1 Å². The highest BCUT2D eigenvalue weighted by molar-refractivity contribution is 7.91. The highest BCUT2D eigenvalue weighted by atomic mass is 32.2. The van der Waals surface area contributed by atoms with E-state index in [2.05, 4.69) is 77.8 Å². The van der Waals surface area contributed by atoms with Gasteiger partial charge in [-0.15, -0.1) is 0 Å². The van der Waals surface area contributed by atoms with E-state index in [9.17, 15) is 13.2 Å². The molecule has 0 atom stereocenters. The number of carbonyl (C=O) groups excluding carboxylic acids is 1. The minimum absolute atomic E-state index is 0.109. The van der Waals surface area contributed by atoms with Gasteiger partial charge < -0.3 is 41.4 Å². The van der Waals surface area contributed by atoms with Crippen molar-refractivity contribution in [3.63, 3.8) is 0 Å². The van der Waals surface area contributed by atoms with Gasteiger partial charge in [-0.25, -0.2) is 13.2 Å². The first-order valence-electron chi connectivity index (χ1n) is 18.9. The fourth-order valence-electron chi connectivity index (χ4n) is 6.00. The highest BCUT2D eigenvalue weighted by Crippen LogP contribution is 2.27. The number of hydrogen-bond donors (Lipinski definition) is 6. The van der Waals surface area contributed by atoms with Crippen LogP contribution in [0, 0.1) is 10.8 Å². The van der Waals surface area contributed by atoms with Crippen LogP contribution in [-0.4, -0.2) is 34.6 Å². The molecule has 58 heavy (non-hydrogen) atoms. The molecule has 11 nitrogen and oxygen atoms in total. The summed E-state index contributed by atoms with van der Waals surface area (Å²) in [6, 6.07) is 31.4. The molecule has 2 amide bonds. The van der Waals surface area contributed by atoms with E-state index < -0.39 is 15.9 Å². The average Bonchev–Trinajstić information content (AvgIpc) is 3.44. The molecule has 0 aromatic heterocycles. The summed E-state index contributed by atoms with van der Waals surface area (Å²) in [5, 5.41) is 19.0. The van der Waals surface area contributed by atoms with Crippen LogP contribution in [0.1, 0.15) is 27.7 Å². The van der Waals surface area contributed by atoms with E-state index in [1.807, 2.05) is 91.0 Å². The zero-order chi connectivity index (χ0) is 41.0. The molecule has 2 aliphatic carbocycles. The van der Waals surface area contributed by atoms with Crippen LogP contribution in [0.4, 0.5) is 16.2 Å². The molecule has 4 aromatic carbocycles. The lowest BCUT2D eigenvalue weighted by Crippen LogP contribution is -2.28. The number of hydrogen-bond acceptors (Lipinski definition) is 9. The van der Waals surface area contributed by atoms with Crippen molar-refractivity contribution in [3.8, 4) is 11.5 Å². The first-order chi connectivity index (χ1) is 27.8. The molecule has 0 unspecified atom stereocenters. The highest BCUT2D eigenvalue weighted by Gasteiger charge is 2.19. The summed E-state index contributed by atoms with van der Waals surface area (Å²) in [5.74, 6) is 1.53. The lowest BCUT2D eigenvalue weighted by molar-refractivity contribution is 0.254. The lowest BCUT2D eigenvalue weighted by Gasteiger charge is -2.16. The molecule has 0 heterocycles. The van der Waals surface area contributed by atoms with E-state index in [1.54, 1.807) is 36.4 Å². The van der Waals surface area contributed by atoms with Gasteiger partial charge in [-0.05, 0) is 97.1 Å². The van der Waals surface area contributed by atoms with Crippen molar-refractivity contribution in [2.45, 2.75) is 37.5 Å². The first-order valence-corrected chi connectivity index (χ1v) is 20.4. The van der Waals surface area contributed by atoms with Gasteiger partial charge in [0.1, 0.15) is 11.5 Å². The van der Waals surface area contributed by atoms with Crippen molar-refractivity contribution in [1.29, 1.82) is 0 Å². The Morgan fingerprint density at radius 1 is 0.534 bits per heavy atom. The molecule has 0 bridgehead atoms. The second kappa shape index (κ2) is 18.5. The van der Waals surface area contributed by atoms with E-state index in [-0.39, 0.29) is 27.4 Å². The van der Waals surface area contributed by atoms with Crippen molar-refractivity contribution < 1.29 is 22.7 Å². The average molecular weight is 799 g/mol. The van der Waals surface area contributed by atoms with Gasteiger partial charge in [0.15, 0.2) is 13.5 Å². The second-order valence-electron chi connectivity index (χ2n) is 14.9. The van der Waals surface area contributed by atoms with E-state index in [4.69, 9.17) is 9.47 Å². The van der Waals surface area contributed by atoms with E-state index in [0.717, 1.165) is 34.3 Å². The molecule has 0 spiro atoms. The van der Waals surface area contributed by atoms with Crippen LogP contribution in [-0.2, 0) is 9.84 Å². The topological polar surface area (TPSA) is 142 Å². The standard InChI is InChI=1S/C46H50N6O5S/c1-45(2)25-23-36(27-38(29-45)49-32-56-40-11-7-5-8-12-40)48-31-47-34-15-19-42(20-16-34)58(54,55)43-21-17-35(18-22-43)51-44(53)52-37-24-26-46(3,4)30-39(28-37)50-33-57-41-13-9-6-10-14-41/h5-30,47-50H,31-33H2,1-4H3,(H2,51,52,53). The van der Waals surface area contributed by atoms with E-state index >= 15 is 0 Å². The Labute approximate surface area is 341 Å². The third kappa shape index (κ3) is 12.2. The van der Waals surface area contributed by atoms with Crippen LogP contribution < -0.4 is 41.4 Å². The van der Waals surface area contributed by atoms with Crippen LogP contribution in [0.2, 0.25) is 0 Å². The number of sulfone groups is 1. The number of allylic oxidation sites excluding steroid dienone is 8.